The quantitative estimate of drug-likeness (QED) is 0.408. The molecule has 0 aromatic heterocycles. The van der Waals surface area contributed by atoms with Crippen LogP contribution < -0.4 is 20.8 Å². The van der Waals surface area contributed by atoms with Crippen LogP contribution in [-0.4, -0.2) is 50.3 Å². The van der Waals surface area contributed by atoms with Gasteiger partial charge in [0.05, 0.1) is 13.3 Å². The second-order valence-corrected chi connectivity index (χ2v) is 7.32. The van der Waals surface area contributed by atoms with Crippen LogP contribution in [0.25, 0.3) is 5.57 Å². The summed E-state index contributed by atoms with van der Waals surface area (Å²) in [5.41, 5.74) is 1.75. The molecule has 0 aliphatic carbocycles. The minimum absolute atomic E-state index is 0.246. The van der Waals surface area contributed by atoms with Crippen molar-refractivity contribution in [1.82, 2.24) is 10.2 Å². The first-order chi connectivity index (χ1) is 14.9. The van der Waals surface area contributed by atoms with Crippen LogP contribution in [0.15, 0.2) is 60.2 Å². The van der Waals surface area contributed by atoms with Gasteiger partial charge in [-0.1, -0.05) is 30.8 Å². The average Bonchev–Trinajstić information content (AvgIpc) is 3.19. The minimum Gasteiger partial charge on any atom is -0.497 e. The Labute approximate surface area is 182 Å². The molecule has 1 fully saturated rings. The lowest BCUT2D eigenvalue weighted by Crippen LogP contribution is -2.55. The Hall–Kier alpha value is -3.81. The van der Waals surface area contributed by atoms with Crippen molar-refractivity contribution in [2.75, 3.05) is 32.1 Å². The molecule has 3 amide bonds. The number of nitrogens with one attached hydrogen (secondary N) is 1. The van der Waals surface area contributed by atoms with Crippen molar-refractivity contribution in [3.8, 4) is 5.75 Å². The molecule has 3 N–H and O–H groups in total. The Morgan fingerprint density at radius 2 is 1.97 bits per heavy atom. The Morgan fingerprint density at radius 1 is 1.26 bits per heavy atom. The topological polar surface area (TPSA) is 100 Å². The lowest BCUT2D eigenvalue weighted by atomic mass is 9.89. The van der Waals surface area contributed by atoms with Gasteiger partial charge in [-0.2, -0.15) is 5.10 Å². The summed E-state index contributed by atoms with van der Waals surface area (Å²) < 4.78 is 5.32. The van der Waals surface area contributed by atoms with Gasteiger partial charge in [0.1, 0.15) is 11.3 Å². The molecule has 0 radical (unpaired) electrons. The highest BCUT2D eigenvalue weighted by atomic mass is 16.5. The maximum atomic E-state index is 13.4. The largest absolute Gasteiger partial charge is 0.497 e. The summed E-state index contributed by atoms with van der Waals surface area (Å²) in [6.07, 6.45) is 1.47. The third-order valence-electron chi connectivity index (χ3n) is 5.63. The monoisotopic (exact) mass is 421 g/mol. The summed E-state index contributed by atoms with van der Waals surface area (Å²) >= 11 is 0. The van der Waals surface area contributed by atoms with Crippen LogP contribution in [0.4, 0.5) is 10.5 Å². The van der Waals surface area contributed by atoms with E-state index in [9.17, 15) is 9.59 Å². The first kappa shape index (κ1) is 21.9. The van der Waals surface area contributed by atoms with Gasteiger partial charge in [-0.3, -0.25) is 9.69 Å². The molecule has 1 atom stereocenters. The molecular formula is C23H27N5O3. The number of rotatable bonds is 7. The van der Waals surface area contributed by atoms with E-state index in [1.54, 1.807) is 43.0 Å². The number of nitrogens with two attached hydrogens (primary N) is 1. The summed E-state index contributed by atoms with van der Waals surface area (Å²) in [4.78, 5) is 29.7. The number of carbonyl (C=O) groups is 2. The van der Waals surface area contributed by atoms with Gasteiger partial charge >= 0.3 is 6.03 Å². The molecule has 0 spiro atoms. The number of likely N-dealkylation sites (N-methyl/N-ethyl adjacent to an activating group) is 1. The van der Waals surface area contributed by atoms with E-state index in [1.807, 2.05) is 36.4 Å². The van der Waals surface area contributed by atoms with Crippen LogP contribution in [0.3, 0.4) is 0 Å². The number of hydrazone groups is 1. The van der Waals surface area contributed by atoms with Gasteiger partial charge < -0.3 is 20.8 Å². The molecular weight excluding hydrogens is 394 g/mol. The van der Waals surface area contributed by atoms with Gasteiger partial charge in [-0.25, -0.2) is 4.79 Å². The number of amides is 3. The zero-order valence-corrected chi connectivity index (χ0v) is 18.0. The molecule has 8 nitrogen and oxygen atoms in total. The zero-order valence-electron chi connectivity index (χ0n) is 18.0. The van der Waals surface area contributed by atoms with Crippen molar-refractivity contribution in [1.29, 1.82) is 0 Å². The maximum Gasteiger partial charge on any atom is 0.325 e. The van der Waals surface area contributed by atoms with E-state index in [-0.39, 0.29) is 11.9 Å². The fourth-order valence-corrected chi connectivity index (χ4v) is 3.79. The number of hydrogen-bond donors (Lipinski definition) is 2. The Morgan fingerprint density at radius 3 is 2.58 bits per heavy atom. The van der Waals surface area contributed by atoms with Crippen molar-refractivity contribution in [2.24, 2.45) is 10.9 Å². The number of methoxy groups -OCH3 is 1. The first-order valence-corrected chi connectivity index (χ1v) is 9.85. The molecule has 1 unspecified atom stereocenters. The highest BCUT2D eigenvalue weighted by molar-refractivity contribution is 6.08. The lowest BCUT2D eigenvalue weighted by molar-refractivity contribution is -0.130. The Bertz CT molecular complexity index is 1020. The fourth-order valence-electron chi connectivity index (χ4n) is 3.79. The van der Waals surface area contributed by atoms with E-state index in [4.69, 9.17) is 10.6 Å². The van der Waals surface area contributed by atoms with Crippen LogP contribution in [-0.2, 0) is 10.3 Å². The summed E-state index contributed by atoms with van der Waals surface area (Å²) in [7, 11) is 3.13. The molecule has 8 heteroatoms. The number of urea groups is 1. The van der Waals surface area contributed by atoms with E-state index in [2.05, 4.69) is 17.0 Å². The van der Waals surface area contributed by atoms with Crippen LogP contribution >= 0.6 is 0 Å². The minimum atomic E-state index is -1.19. The molecule has 3 rings (SSSR count). The third-order valence-corrected chi connectivity index (χ3v) is 5.63. The van der Waals surface area contributed by atoms with Gasteiger partial charge in [0.15, 0.2) is 0 Å². The number of nitrogens with zero attached hydrogens (tertiary/aromatic N) is 3. The predicted octanol–water partition coefficient (Wildman–Crippen LogP) is 2.56. The van der Waals surface area contributed by atoms with Gasteiger partial charge in [-0.15, -0.1) is 0 Å². The zero-order chi connectivity index (χ0) is 22.6. The molecule has 0 saturated carbocycles. The van der Waals surface area contributed by atoms with E-state index in [1.165, 1.54) is 6.21 Å². The fraction of sp³-hybridized carbons (Fsp3) is 0.261. The summed E-state index contributed by atoms with van der Waals surface area (Å²) in [6.45, 7) is 6.51. The molecule has 2 aromatic rings. The second kappa shape index (κ2) is 8.91. The van der Waals surface area contributed by atoms with Crippen molar-refractivity contribution < 1.29 is 14.3 Å². The molecule has 2 aromatic carbocycles. The van der Waals surface area contributed by atoms with Gasteiger partial charge in [0.25, 0.3) is 0 Å². The molecule has 162 valence electrons. The normalized spacial score (nSPS) is 15.8. The third kappa shape index (κ3) is 3.96. The number of ether oxygens (including phenoxy) is 1. The number of carbonyl (C=O) groups excluding carboxylic acids is 2. The van der Waals surface area contributed by atoms with Crippen molar-refractivity contribution in [2.45, 2.75) is 12.5 Å². The number of allylic oxidation sites excluding steroid dienone is 1. The highest BCUT2D eigenvalue weighted by Gasteiger charge is 2.48. The smallest absolute Gasteiger partial charge is 0.325 e. The molecule has 31 heavy (non-hydrogen) atoms. The second-order valence-electron chi connectivity index (χ2n) is 7.32. The van der Waals surface area contributed by atoms with Gasteiger partial charge in [0.2, 0.25) is 5.91 Å². The summed E-state index contributed by atoms with van der Waals surface area (Å²) in [6, 6.07) is 14.4. The van der Waals surface area contributed by atoms with E-state index >= 15 is 0 Å². The highest BCUT2D eigenvalue weighted by Crippen LogP contribution is 2.35. The first-order valence-electron chi connectivity index (χ1n) is 9.85. The molecule has 0 bridgehead atoms. The number of anilines is 1. The summed E-state index contributed by atoms with van der Waals surface area (Å²) in [5.74, 6) is 5.53. The van der Waals surface area contributed by atoms with Crippen LogP contribution in [0.5, 0.6) is 5.75 Å². The van der Waals surface area contributed by atoms with Crippen molar-refractivity contribution in [3.63, 3.8) is 0 Å². The maximum absolute atomic E-state index is 13.4. The SMILES string of the molecule is C=C(/C=N\N)c1ccc(N2CCN(C(C)(C(=O)NC)c3cccc(OC)c3)C2=O)cc1. The van der Waals surface area contributed by atoms with E-state index in [0.717, 1.165) is 11.3 Å². The molecule has 1 aliphatic heterocycles. The standard InChI is InChI=1S/C23H27N5O3/c1-16(15-26-24)17-8-10-19(11-9-17)27-12-13-28(22(27)30)23(2,21(29)25-3)18-6-5-7-20(14-18)31-4/h5-11,14-15H,1,12-13,24H2,2-4H3,(H,25,29)/b26-15-. The predicted molar refractivity (Wildman–Crippen MR) is 122 cm³/mol. The Kier molecular flexibility index (Phi) is 6.29. The van der Waals surface area contributed by atoms with Crippen LogP contribution in [0.1, 0.15) is 18.1 Å². The molecule has 1 heterocycles. The van der Waals surface area contributed by atoms with E-state index < -0.39 is 5.54 Å². The van der Waals surface area contributed by atoms with E-state index in [0.29, 0.717) is 30.0 Å². The Balaban J connectivity index is 1.93. The van der Waals surface area contributed by atoms with Crippen LogP contribution in [0, 0.1) is 0 Å². The average molecular weight is 422 g/mol. The van der Waals surface area contributed by atoms with Gasteiger partial charge in [0, 0.05) is 25.8 Å². The van der Waals surface area contributed by atoms with Crippen LogP contribution in [0.2, 0.25) is 0 Å². The number of hydrogen-bond acceptors (Lipinski definition) is 5. The molecule has 1 saturated heterocycles. The summed E-state index contributed by atoms with van der Waals surface area (Å²) in [5, 5.41) is 6.19. The lowest BCUT2D eigenvalue weighted by Gasteiger charge is -2.37. The molecule has 1 aliphatic rings. The van der Waals surface area contributed by atoms with Crippen molar-refractivity contribution >= 4 is 29.4 Å². The number of benzene rings is 2. The van der Waals surface area contributed by atoms with Crippen molar-refractivity contribution in [3.05, 3.63) is 66.2 Å². The van der Waals surface area contributed by atoms with Gasteiger partial charge in [-0.05, 0) is 47.9 Å².